The number of nitrogens with zero attached hydrogens (tertiary/aromatic N) is 3. The van der Waals surface area contributed by atoms with Crippen molar-refractivity contribution < 1.29 is 9.53 Å². The summed E-state index contributed by atoms with van der Waals surface area (Å²) in [6.07, 6.45) is 1.49. The van der Waals surface area contributed by atoms with Crippen molar-refractivity contribution in [1.82, 2.24) is 14.8 Å². The van der Waals surface area contributed by atoms with Crippen LogP contribution < -0.4 is 0 Å². The number of amides is 1. The van der Waals surface area contributed by atoms with Crippen LogP contribution in [0, 0.1) is 6.92 Å². The van der Waals surface area contributed by atoms with Crippen LogP contribution in [-0.2, 0) is 11.3 Å². The summed E-state index contributed by atoms with van der Waals surface area (Å²) in [4.78, 5) is 21.0. The van der Waals surface area contributed by atoms with Gasteiger partial charge in [0.2, 0.25) is 0 Å². The molecule has 1 saturated heterocycles. The third-order valence-electron chi connectivity index (χ3n) is 5.85. The molecule has 1 amide bonds. The van der Waals surface area contributed by atoms with Gasteiger partial charge in [-0.2, -0.15) is 0 Å². The van der Waals surface area contributed by atoms with Crippen LogP contribution in [0.15, 0.2) is 66.9 Å². The van der Waals surface area contributed by atoms with Crippen molar-refractivity contribution in [3.05, 3.63) is 99.3 Å². The van der Waals surface area contributed by atoms with E-state index in [-0.39, 0.29) is 17.2 Å². The molecule has 0 spiro atoms. The van der Waals surface area contributed by atoms with Gasteiger partial charge in [-0.3, -0.25) is 9.69 Å². The van der Waals surface area contributed by atoms with Gasteiger partial charge in [-0.25, -0.2) is 4.98 Å². The highest BCUT2D eigenvalue weighted by molar-refractivity contribution is 6.32. The van der Waals surface area contributed by atoms with Crippen LogP contribution in [0.25, 0.3) is 0 Å². The zero-order chi connectivity index (χ0) is 23.2. The lowest BCUT2D eigenvalue weighted by atomic mass is 10.1. The van der Waals surface area contributed by atoms with Gasteiger partial charge in [0.25, 0.3) is 5.91 Å². The highest BCUT2D eigenvalue weighted by atomic mass is 35.5. The quantitative estimate of drug-likeness (QED) is 0.421. The Morgan fingerprint density at radius 2 is 1.79 bits per heavy atom. The number of hydrogen-bond acceptors (Lipinski definition) is 4. The molecule has 1 aliphatic rings. The van der Waals surface area contributed by atoms with Crippen LogP contribution in [0.5, 0.6) is 0 Å². The number of hydrogen-bond donors (Lipinski definition) is 0. The average molecular weight is 484 g/mol. The standard InChI is InChI=1S/C26H27Cl2N3O2/c1-19-4-2-5-20(16-19)18-33-24(21-7-9-22(27)10-8-21)17-30-12-14-31(15-13-30)26(32)23-6-3-11-29-25(23)28/h2-11,16,24H,12-15,17-18H2,1H3/t24-/m1/s1. The van der Waals surface area contributed by atoms with E-state index in [0.717, 1.165) is 30.8 Å². The predicted molar refractivity (Wildman–Crippen MR) is 132 cm³/mol. The van der Waals surface area contributed by atoms with Gasteiger partial charge in [0, 0.05) is 43.9 Å². The maximum atomic E-state index is 12.8. The molecule has 2 aromatic carbocycles. The predicted octanol–water partition coefficient (Wildman–Crippen LogP) is 5.41. The lowest BCUT2D eigenvalue weighted by Crippen LogP contribution is -2.49. The molecule has 1 atom stereocenters. The molecule has 172 valence electrons. The topological polar surface area (TPSA) is 45.7 Å². The number of carbonyl (C=O) groups is 1. The van der Waals surface area contributed by atoms with Gasteiger partial charge in [-0.1, -0.05) is 65.2 Å². The molecule has 1 aromatic heterocycles. The first-order chi connectivity index (χ1) is 16.0. The van der Waals surface area contributed by atoms with Crippen molar-refractivity contribution in [2.75, 3.05) is 32.7 Å². The van der Waals surface area contributed by atoms with Crippen LogP contribution in [0.3, 0.4) is 0 Å². The normalized spacial score (nSPS) is 15.4. The summed E-state index contributed by atoms with van der Waals surface area (Å²) < 4.78 is 6.38. The Bertz CT molecular complexity index is 1080. The Balaban J connectivity index is 1.39. The zero-order valence-corrected chi connectivity index (χ0v) is 20.1. The van der Waals surface area contributed by atoms with Crippen molar-refractivity contribution in [3.63, 3.8) is 0 Å². The Morgan fingerprint density at radius 3 is 2.48 bits per heavy atom. The summed E-state index contributed by atoms with van der Waals surface area (Å²) in [7, 11) is 0. The van der Waals surface area contributed by atoms with E-state index in [1.165, 1.54) is 5.56 Å². The first-order valence-electron chi connectivity index (χ1n) is 11.0. The second-order valence-corrected chi connectivity index (χ2v) is 9.07. The molecular weight excluding hydrogens is 457 g/mol. The minimum atomic E-state index is -0.0993. The maximum Gasteiger partial charge on any atom is 0.257 e. The van der Waals surface area contributed by atoms with Crippen molar-refractivity contribution in [1.29, 1.82) is 0 Å². The first kappa shape index (κ1) is 23.7. The molecule has 7 heteroatoms. The Hall–Kier alpha value is -2.44. The second kappa shape index (κ2) is 11.1. The van der Waals surface area contributed by atoms with E-state index >= 15 is 0 Å². The fourth-order valence-corrected chi connectivity index (χ4v) is 4.34. The van der Waals surface area contributed by atoms with E-state index in [1.54, 1.807) is 18.3 Å². The van der Waals surface area contributed by atoms with E-state index in [0.29, 0.717) is 30.3 Å². The molecule has 5 nitrogen and oxygen atoms in total. The zero-order valence-electron chi connectivity index (χ0n) is 18.6. The smallest absolute Gasteiger partial charge is 0.257 e. The number of halogens is 2. The number of carbonyl (C=O) groups excluding carboxylic acids is 1. The maximum absolute atomic E-state index is 12.8. The largest absolute Gasteiger partial charge is 0.368 e. The molecule has 0 saturated carbocycles. The van der Waals surface area contributed by atoms with Gasteiger partial charge in [0.1, 0.15) is 5.15 Å². The SMILES string of the molecule is Cc1cccc(CO[C@H](CN2CCN(C(=O)c3cccnc3Cl)CC2)c2ccc(Cl)cc2)c1. The van der Waals surface area contributed by atoms with Crippen LogP contribution in [0.2, 0.25) is 10.2 Å². The minimum absolute atomic E-state index is 0.0716. The molecule has 1 fully saturated rings. The molecule has 0 bridgehead atoms. The minimum Gasteiger partial charge on any atom is -0.368 e. The lowest BCUT2D eigenvalue weighted by molar-refractivity contribution is 0.00341. The van der Waals surface area contributed by atoms with E-state index < -0.39 is 0 Å². The molecule has 2 heterocycles. The van der Waals surface area contributed by atoms with E-state index in [1.807, 2.05) is 29.2 Å². The third kappa shape index (κ3) is 6.33. The van der Waals surface area contributed by atoms with Crippen LogP contribution >= 0.6 is 23.2 Å². The number of benzene rings is 2. The van der Waals surface area contributed by atoms with Crippen LogP contribution in [-0.4, -0.2) is 53.4 Å². The van der Waals surface area contributed by atoms with Crippen LogP contribution in [0.1, 0.15) is 33.2 Å². The molecular formula is C26H27Cl2N3O2. The highest BCUT2D eigenvalue weighted by Crippen LogP contribution is 2.24. The molecule has 3 aromatic rings. The lowest BCUT2D eigenvalue weighted by Gasteiger charge is -2.36. The van der Waals surface area contributed by atoms with Crippen molar-refractivity contribution in [3.8, 4) is 0 Å². The van der Waals surface area contributed by atoms with Crippen molar-refractivity contribution in [2.45, 2.75) is 19.6 Å². The van der Waals surface area contributed by atoms with Crippen molar-refractivity contribution in [2.24, 2.45) is 0 Å². The molecule has 0 aliphatic carbocycles. The molecule has 33 heavy (non-hydrogen) atoms. The summed E-state index contributed by atoms with van der Waals surface area (Å²) in [5.74, 6) is -0.0716. The summed E-state index contributed by atoms with van der Waals surface area (Å²) in [6, 6.07) is 19.7. The Morgan fingerprint density at radius 1 is 1.03 bits per heavy atom. The van der Waals surface area contributed by atoms with Gasteiger partial charge in [-0.05, 0) is 42.3 Å². The van der Waals surface area contributed by atoms with Crippen molar-refractivity contribution >= 4 is 29.1 Å². The van der Waals surface area contributed by atoms with Crippen LogP contribution in [0.4, 0.5) is 0 Å². The monoisotopic (exact) mass is 483 g/mol. The number of aryl methyl sites for hydroxylation is 1. The number of rotatable bonds is 7. The highest BCUT2D eigenvalue weighted by Gasteiger charge is 2.26. The van der Waals surface area contributed by atoms with Gasteiger partial charge < -0.3 is 9.64 Å². The molecule has 4 rings (SSSR count). The Labute approximate surface area is 204 Å². The molecule has 1 aliphatic heterocycles. The number of ether oxygens (including phenoxy) is 1. The summed E-state index contributed by atoms with van der Waals surface area (Å²) in [5.41, 5.74) is 3.91. The summed E-state index contributed by atoms with van der Waals surface area (Å²) >= 11 is 12.2. The fourth-order valence-electron chi connectivity index (χ4n) is 4.01. The third-order valence-corrected chi connectivity index (χ3v) is 6.40. The fraction of sp³-hybridized carbons (Fsp3) is 0.308. The molecule has 0 radical (unpaired) electrons. The van der Waals surface area contributed by atoms with Gasteiger partial charge >= 0.3 is 0 Å². The summed E-state index contributed by atoms with van der Waals surface area (Å²) in [5, 5.41) is 0.953. The Kier molecular flexibility index (Phi) is 7.99. The summed E-state index contributed by atoms with van der Waals surface area (Å²) in [6.45, 7) is 6.16. The van der Waals surface area contributed by atoms with E-state index in [4.69, 9.17) is 27.9 Å². The number of aromatic nitrogens is 1. The van der Waals surface area contributed by atoms with E-state index in [2.05, 4.69) is 41.1 Å². The average Bonchev–Trinajstić information content (AvgIpc) is 2.83. The molecule has 0 unspecified atom stereocenters. The first-order valence-corrected chi connectivity index (χ1v) is 11.8. The molecule has 0 N–H and O–H groups in total. The van der Waals surface area contributed by atoms with Gasteiger partial charge in [0.15, 0.2) is 0 Å². The van der Waals surface area contributed by atoms with Gasteiger partial charge in [0.05, 0.1) is 18.3 Å². The van der Waals surface area contributed by atoms with Gasteiger partial charge in [-0.15, -0.1) is 0 Å². The number of pyridine rings is 1. The second-order valence-electron chi connectivity index (χ2n) is 8.27. The number of piperazine rings is 1. The van der Waals surface area contributed by atoms with E-state index in [9.17, 15) is 4.79 Å².